The van der Waals surface area contributed by atoms with Crippen molar-refractivity contribution in [2.45, 2.75) is 17.7 Å². The predicted octanol–water partition coefficient (Wildman–Crippen LogP) is 2.09. The summed E-state index contributed by atoms with van der Waals surface area (Å²) in [6.45, 7) is 1.45. The Hall–Kier alpha value is -2.23. The number of carbonyl (C=O) groups excluding carboxylic acids is 1. The molecule has 0 spiro atoms. The molecule has 3 aromatic heterocycles. The number of H-pyrrole nitrogens is 1. The molecule has 0 atom stereocenters. The Balaban J connectivity index is 1.40. The fraction of sp³-hybridized carbons (Fsp3) is 0.333. The number of aromatic nitrogens is 2. The van der Waals surface area contributed by atoms with Crippen LogP contribution in [0.4, 0.5) is 0 Å². The van der Waals surface area contributed by atoms with Crippen LogP contribution in [0.3, 0.4) is 0 Å². The van der Waals surface area contributed by atoms with Crippen LogP contribution in [0, 0.1) is 0 Å². The lowest BCUT2D eigenvalue weighted by atomic mass is 10.1. The summed E-state index contributed by atoms with van der Waals surface area (Å²) in [7, 11) is -3.62. The van der Waals surface area contributed by atoms with Crippen LogP contribution in [0.15, 0.2) is 46.2 Å². The molecule has 9 heteroatoms. The number of nitrogens with one attached hydrogen (secondary N) is 1. The van der Waals surface area contributed by atoms with E-state index in [9.17, 15) is 13.2 Å². The van der Waals surface area contributed by atoms with Crippen molar-refractivity contribution in [3.05, 3.63) is 46.9 Å². The second kappa shape index (κ2) is 7.41. The summed E-state index contributed by atoms with van der Waals surface area (Å²) in [4.78, 5) is 21.5. The zero-order valence-corrected chi connectivity index (χ0v) is 16.3. The van der Waals surface area contributed by atoms with Gasteiger partial charge in [-0.05, 0) is 40.9 Å². The van der Waals surface area contributed by atoms with Crippen LogP contribution in [0.1, 0.15) is 12.0 Å². The molecule has 1 N–H and O–H groups in total. The molecule has 0 bridgehead atoms. The fourth-order valence-corrected chi connectivity index (χ4v) is 5.58. The highest BCUT2D eigenvalue weighted by molar-refractivity contribution is 7.89. The number of amides is 1. The Labute approximate surface area is 161 Å². The molecular weight excluding hydrogens is 384 g/mol. The molecule has 142 valence electrons. The molecule has 1 aliphatic rings. The van der Waals surface area contributed by atoms with E-state index in [1.807, 2.05) is 16.8 Å². The van der Waals surface area contributed by atoms with Crippen molar-refractivity contribution in [1.82, 2.24) is 19.2 Å². The molecule has 1 saturated heterocycles. The van der Waals surface area contributed by atoms with E-state index in [1.54, 1.807) is 34.6 Å². The van der Waals surface area contributed by atoms with E-state index in [0.29, 0.717) is 43.6 Å². The Morgan fingerprint density at radius 1 is 1.22 bits per heavy atom. The minimum atomic E-state index is -3.62. The summed E-state index contributed by atoms with van der Waals surface area (Å²) in [6, 6.07) is 5.49. The van der Waals surface area contributed by atoms with Gasteiger partial charge in [-0.3, -0.25) is 4.79 Å². The smallest absolute Gasteiger partial charge is 0.245 e. The van der Waals surface area contributed by atoms with Crippen molar-refractivity contribution in [3.63, 3.8) is 0 Å². The monoisotopic (exact) mass is 404 g/mol. The van der Waals surface area contributed by atoms with Gasteiger partial charge in [0, 0.05) is 50.4 Å². The van der Waals surface area contributed by atoms with E-state index in [2.05, 4.69) is 9.97 Å². The Bertz CT molecular complexity index is 1040. The lowest BCUT2D eigenvalue weighted by Crippen LogP contribution is -2.50. The zero-order valence-electron chi connectivity index (χ0n) is 14.7. The van der Waals surface area contributed by atoms with Crippen LogP contribution in [0.5, 0.6) is 0 Å². The molecule has 4 rings (SSSR count). The number of sulfonamides is 1. The van der Waals surface area contributed by atoms with E-state index in [0.717, 1.165) is 6.42 Å². The third-order valence-electron chi connectivity index (χ3n) is 4.83. The summed E-state index contributed by atoms with van der Waals surface area (Å²) in [5.74, 6) is 0.0783. The van der Waals surface area contributed by atoms with Gasteiger partial charge < -0.3 is 9.88 Å². The summed E-state index contributed by atoms with van der Waals surface area (Å²) in [6.07, 6.45) is 4.29. The first-order valence-electron chi connectivity index (χ1n) is 8.77. The van der Waals surface area contributed by atoms with Crippen LogP contribution < -0.4 is 0 Å². The molecule has 4 heterocycles. The van der Waals surface area contributed by atoms with Gasteiger partial charge in [0.05, 0.1) is 0 Å². The zero-order chi connectivity index (χ0) is 18.9. The highest BCUT2D eigenvalue weighted by atomic mass is 32.2. The summed E-state index contributed by atoms with van der Waals surface area (Å²) < 4.78 is 27.4. The second-order valence-electron chi connectivity index (χ2n) is 6.47. The van der Waals surface area contributed by atoms with Gasteiger partial charge in [-0.15, -0.1) is 0 Å². The van der Waals surface area contributed by atoms with Crippen molar-refractivity contribution in [3.8, 4) is 0 Å². The van der Waals surface area contributed by atoms with Crippen molar-refractivity contribution in [2.24, 2.45) is 0 Å². The van der Waals surface area contributed by atoms with Crippen LogP contribution in [0.2, 0.25) is 0 Å². The van der Waals surface area contributed by atoms with Crippen molar-refractivity contribution in [1.29, 1.82) is 0 Å². The third kappa shape index (κ3) is 3.62. The Kier molecular flexibility index (Phi) is 4.98. The van der Waals surface area contributed by atoms with Gasteiger partial charge in [0.1, 0.15) is 10.5 Å². The van der Waals surface area contributed by atoms with Crippen molar-refractivity contribution >= 4 is 38.3 Å². The van der Waals surface area contributed by atoms with Crippen molar-refractivity contribution in [2.75, 3.05) is 26.2 Å². The van der Waals surface area contributed by atoms with E-state index in [1.165, 1.54) is 16.1 Å². The molecule has 0 unspecified atom stereocenters. The first-order chi connectivity index (χ1) is 13.1. The molecule has 0 saturated carbocycles. The maximum atomic E-state index is 13.0. The molecular formula is C18H20N4O3S2. The van der Waals surface area contributed by atoms with Gasteiger partial charge in [-0.1, -0.05) is 0 Å². The number of rotatable bonds is 5. The largest absolute Gasteiger partial charge is 0.345 e. The van der Waals surface area contributed by atoms with Crippen LogP contribution in [-0.2, 0) is 21.2 Å². The third-order valence-corrected chi connectivity index (χ3v) is 7.50. The van der Waals surface area contributed by atoms with E-state index in [-0.39, 0.29) is 10.8 Å². The average Bonchev–Trinajstić information content (AvgIpc) is 3.36. The number of fused-ring (bicyclic) bond motifs is 1. The molecule has 0 aliphatic carbocycles. The quantitative estimate of drug-likeness (QED) is 0.705. The van der Waals surface area contributed by atoms with Gasteiger partial charge in [0.25, 0.3) is 0 Å². The van der Waals surface area contributed by atoms with E-state index in [4.69, 9.17) is 0 Å². The van der Waals surface area contributed by atoms with Gasteiger partial charge >= 0.3 is 0 Å². The van der Waals surface area contributed by atoms with Gasteiger partial charge in [-0.25, -0.2) is 13.4 Å². The molecule has 1 aliphatic heterocycles. The SMILES string of the molecule is O=C(CCc1ccsc1)N1CCN(S(=O)(=O)c2c[nH]c3ncccc23)CC1. The fourth-order valence-electron chi connectivity index (χ4n) is 3.31. The molecule has 1 amide bonds. The summed E-state index contributed by atoms with van der Waals surface area (Å²) >= 11 is 1.62. The molecule has 0 aromatic carbocycles. The molecule has 3 aromatic rings. The average molecular weight is 405 g/mol. The summed E-state index contributed by atoms with van der Waals surface area (Å²) in [5.41, 5.74) is 1.72. The van der Waals surface area contributed by atoms with Gasteiger partial charge in [0.15, 0.2) is 0 Å². The Morgan fingerprint density at radius 3 is 2.78 bits per heavy atom. The second-order valence-corrected chi connectivity index (χ2v) is 9.16. The number of piperazine rings is 1. The van der Waals surface area contributed by atoms with Crippen LogP contribution in [0.25, 0.3) is 11.0 Å². The van der Waals surface area contributed by atoms with Gasteiger partial charge in [-0.2, -0.15) is 15.6 Å². The van der Waals surface area contributed by atoms with Crippen LogP contribution in [-0.4, -0.2) is 59.7 Å². The molecule has 27 heavy (non-hydrogen) atoms. The number of aryl methyl sites for hydroxylation is 1. The van der Waals surface area contributed by atoms with Crippen LogP contribution >= 0.6 is 11.3 Å². The highest BCUT2D eigenvalue weighted by Gasteiger charge is 2.31. The number of hydrogen-bond acceptors (Lipinski definition) is 5. The molecule has 0 radical (unpaired) electrons. The number of nitrogens with zero attached hydrogens (tertiary/aromatic N) is 3. The number of pyridine rings is 1. The lowest BCUT2D eigenvalue weighted by molar-refractivity contribution is -0.132. The predicted molar refractivity (Wildman–Crippen MR) is 104 cm³/mol. The first-order valence-corrected chi connectivity index (χ1v) is 11.1. The number of carbonyl (C=O) groups is 1. The van der Waals surface area contributed by atoms with Crippen molar-refractivity contribution < 1.29 is 13.2 Å². The Morgan fingerprint density at radius 2 is 2.04 bits per heavy atom. The standard InChI is InChI=1S/C18H20N4O3S2/c23-17(4-3-14-5-11-26-13-14)21-7-9-22(10-8-21)27(24,25)16-12-20-18-15(16)2-1-6-19-18/h1-2,5-6,11-13H,3-4,7-10H2,(H,19,20). The number of aromatic amines is 1. The minimum Gasteiger partial charge on any atom is -0.345 e. The number of thiophene rings is 1. The maximum absolute atomic E-state index is 13.0. The minimum absolute atomic E-state index is 0.0783. The van der Waals surface area contributed by atoms with Gasteiger partial charge in [0.2, 0.25) is 15.9 Å². The topological polar surface area (TPSA) is 86.4 Å². The normalized spacial score (nSPS) is 16.1. The molecule has 7 nitrogen and oxygen atoms in total. The molecule has 1 fully saturated rings. The lowest BCUT2D eigenvalue weighted by Gasteiger charge is -2.34. The number of hydrogen-bond donors (Lipinski definition) is 1. The summed E-state index contributed by atoms with van der Waals surface area (Å²) in [5, 5.41) is 4.64. The first kappa shape index (κ1) is 18.1. The highest BCUT2D eigenvalue weighted by Crippen LogP contribution is 2.25. The van der Waals surface area contributed by atoms with E-state index < -0.39 is 10.0 Å². The van der Waals surface area contributed by atoms with E-state index >= 15 is 0 Å². The maximum Gasteiger partial charge on any atom is 0.245 e.